The lowest BCUT2D eigenvalue weighted by atomic mass is 10.2. The minimum absolute atomic E-state index is 0.233. The van der Waals surface area contributed by atoms with Gasteiger partial charge in [0.1, 0.15) is 0 Å². The number of rotatable bonds is 6. The van der Waals surface area contributed by atoms with E-state index in [-0.39, 0.29) is 19.3 Å². The monoisotopic (exact) mass is 518 g/mol. The Kier molecular flexibility index (Phi) is 14.2. The van der Waals surface area contributed by atoms with Crippen molar-refractivity contribution in [1.29, 1.82) is 0 Å². The number of carbonyl (C=O) groups is 7. The number of cyclic esters (lactones) is 2. The molecule has 5 N–H and O–H groups in total. The standard InChI is InChI=1S/C6H8O3.3C5H6O4/c1-4-2-3-5(9-4)6(7)8;2*6-4-2-1-3(9-4)5(7)8;6-4(7)2-1-3-5(8)9/h5H,1-3H2,(H,7,8);2*3H,1-2H2,(H,7,8);1-2H,3H2,(H,6,7)(H,8,9)/b;;;2-1+/t5-;3-;;/m01../s1. The van der Waals surface area contributed by atoms with E-state index in [4.69, 9.17) is 30.3 Å². The second-order valence-corrected chi connectivity index (χ2v) is 7.07. The number of carboxylic acid groups (broad SMARTS) is 5. The number of aliphatic carboxylic acids is 5. The molecule has 0 aromatic carbocycles. The second-order valence-electron chi connectivity index (χ2n) is 7.07. The van der Waals surface area contributed by atoms with Gasteiger partial charge in [0.25, 0.3) is 0 Å². The summed E-state index contributed by atoms with van der Waals surface area (Å²) in [7, 11) is 0. The molecule has 3 saturated heterocycles. The molecule has 15 nitrogen and oxygen atoms in total. The molecule has 0 aromatic rings. The summed E-state index contributed by atoms with van der Waals surface area (Å²) in [5.41, 5.74) is 0. The van der Waals surface area contributed by atoms with E-state index >= 15 is 0 Å². The highest BCUT2D eigenvalue weighted by molar-refractivity contribution is 5.82. The van der Waals surface area contributed by atoms with Gasteiger partial charge < -0.3 is 39.7 Å². The summed E-state index contributed by atoms with van der Waals surface area (Å²) in [6, 6.07) is 0. The van der Waals surface area contributed by atoms with Crippen LogP contribution >= 0.6 is 0 Å². The number of carboxylic acids is 5. The van der Waals surface area contributed by atoms with Crippen molar-refractivity contribution in [1.82, 2.24) is 0 Å². The zero-order chi connectivity index (χ0) is 27.8. The van der Waals surface area contributed by atoms with Gasteiger partial charge in [-0.25, -0.2) is 19.2 Å². The third kappa shape index (κ3) is 14.7. The fraction of sp³-hybridized carbons (Fsp3) is 0.476. The molecule has 36 heavy (non-hydrogen) atoms. The SMILES string of the molecule is C=C1CC[C@@H](C(=O)O)O1.O=C(O)/C=C/CC(=O)O.O=C1CCC(C(=O)O)O1.O=C1CC[C@H](C(=O)O)O1. The minimum Gasteiger partial charge on any atom is -0.484 e. The minimum atomic E-state index is -1.13. The number of ether oxygens (including phenoxy) is 3. The molecule has 0 bridgehead atoms. The van der Waals surface area contributed by atoms with Gasteiger partial charge in [0.2, 0.25) is 0 Å². The molecular formula is C21H26O15. The average molecular weight is 518 g/mol. The van der Waals surface area contributed by atoms with Crippen molar-refractivity contribution in [2.24, 2.45) is 0 Å². The van der Waals surface area contributed by atoms with Gasteiger partial charge in [0, 0.05) is 44.6 Å². The largest absolute Gasteiger partial charge is 0.484 e. The Labute approximate surface area is 203 Å². The van der Waals surface area contributed by atoms with Gasteiger partial charge in [-0.3, -0.25) is 14.4 Å². The summed E-state index contributed by atoms with van der Waals surface area (Å²) in [6.45, 7) is 3.50. The zero-order valence-corrected chi connectivity index (χ0v) is 18.9. The topological polar surface area (TPSA) is 248 Å². The predicted octanol–water partition coefficient (Wildman–Crippen LogP) is 0.419. The van der Waals surface area contributed by atoms with E-state index in [1.165, 1.54) is 0 Å². The molecule has 3 fully saturated rings. The van der Waals surface area contributed by atoms with E-state index in [1.807, 2.05) is 0 Å². The molecule has 1 unspecified atom stereocenters. The molecule has 15 heteroatoms. The van der Waals surface area contributed by atoms with Gasteiger partial charge in [-0.1, -0.05) is 12.7 Å². The van der Waals surface area contributed by atoms with E-state index in [1.54, 1.807) is 0 Å². The van der Waals surface area contributed by atoms with Gasteiger partial charge in [-0.15, -0.1) is 0 Å². The van der Waals surface area contributed by atoms with Crippen LogP contribution < -0.4 is 0 Å². The van der Waals surface area contributed by atoms with E-state index in [0.717, 1.165) is 12.2 Å². The van der Waals surface area contributed by atoms with Crippen molar-refractivity contribution in [3.05, 3.63) is 24.5 Å². The van der Waals surface area contributed by atoms with Gasteiger partial charge in [-0.05, 0) is 0 Å². The number of esters is 2. The van der Waals surface area contributed by atoms with Crippen LogP contribution in [0.5, 0.6) is 0 Å². The third-order valence-corrected chi connectivity index (χ3v) is 4.14. The highest BCUT2D eigenvalue weighted by Gasteiger charge is 2.29. The number of hydrogen-bond donors (Lipinski definition) is 5. The van der Waals surface area contributed by atoms with Crippen molar-refractivity contribution >= 4 is 41.8 Å². The van der Waals surface area contributed by atoms with Gasteiger partial charge in [-0.2, -0.15) is 0 Å². The fourth-order valence-corrected chi connectivity index (χ4v) is 2.44. The lowest BCUT2D eigenvalue weighted by molar-refractivity contribution is -0.156. The molecule has 3 heterocycles. The van der Waals surface area contributed by atoms with Crippen molar-refractivity contribution in [2.45, 2.75) is 63.3 Å². The van der Waals surface area contributed by atoms with Crippen LogP contribution in [-0.2, 0) is 47.8 Å². The molecule has 0 radical (unpaired) electrons. The maximum absolute atomic E-state index is 10.3. The molecule has 0 spiro atoms. The van der Waals surface area contributed by atoms with Crippen molar-refractivity contribution in [3.8, 4) is 0 Å². The van der Waals surface area contributed by atoms with Crippen LogP contribution in [0.1, 0.15) is 44.9 Å². The summed E-state index contributed by atoms with van der Waals surface area (Å²) in [6.07, 6.45) is 1.54. The summed E-state index contributed by atoms with van der Waals surface area (Å²) >= 11 is 0. The molecule has 200 valence electrons. The zero-order valence-electron chi connectivity index (χ0n) is 18.9. The van der Waals surface area contributed by atoms with Crippen molar-refractivity contribution < 1.29 is 73.3 Å². The maximum atomic E-state index is 10.3. The molecule has 0 aliphatic carbocycles. The predicted molar refractivity (Wildman–Crippen MR) is 113 cm³/mol. The van der Waals surface area contributed by atoms with Gasteiger partial charge in [0.15, 0.2) is 18.3 Å². The van der Waals surface area contributed by atoms with Crippen LogP contribution in [0.2, 0.25) is 0 Å². The first-order valence-electron chi connectivity index (χ1n) is 10.3. The maximum Gasteiger partial charge on any atom is 0.345 e. The molecule has 0 saturated carbocycles. The molecule has 0 aromatic heterocycles. The highest BCUT2D eigenvalue weighted by Crippen LogP contribution is 2.20. The molecule has 3 aliphatic heterocycles. The van der Waals surface area contributed by atoms with Crippen LogP contribution in [-0.4, -0.2) is 85.6 Å². The Morgan fingerprint density at radius 1 is 0.722 bits per heavy atom. The van der Waals surface area contributed by atoms with Gasteiger partial charge >= 0.3 is 41.8 Å². The Morgan fingerprint density at radius 3 is 1.31 bits per heavy atom. The molecule has 3 aliphatic rings. The first kappa shape index (κ1) is 31.6. The molecular weight excluding hydrogens is 492 g/mol. The van der Waals surface area contributed by atoms with E-state index in [9.17, 15) is 33.6 Å². The van der Waals surface area contributed by atoms with Gasteiger partial charge in [0.05, 0.1) is 12.2 Å². The van der Waals surface area contributed by atoms with E-state index in [0.29, 0.717) is 31.4 Å². The Bertz CT molecular complexity index is 802. The van der Waals surface area contributed by atoms with Crippen molar-refractivity contribution in [3.63, 3.8) is 0 Å². The fourth-order valence-electron chi connectivity index (χ4n) is 2.44. The smallest absolute Gasteiger partial charge is 0.345 e. The summed E-state index contributed by atoms with van der Waals surface area (Å²) in [4.78, 5) is 70.3. The summed E-state index contributed by atoms with van der Waals surface area (Å²) in [5, 5.41) is 40.8. The van der Waals surface area contributed by atoms with Crippen LogP contribution in [0.25, 0.3) is 0 Å². The Balaban J connectivity index is 0.000000454. The third-order valence-electron chi connectivity index (χ3n) is 4.14. The van der Waals surface area contributed by atoms with Crippen LogP contribution in [0, 0.1) is 0 Å². The lowest BCUT2D eigenvalue weighted by Crippen LogP contribution is -2.18. The first-order chi connectivity index (χ1) is 16.7. The van der Waals surface area contributed by atoms with Crippen molar-refractivity contribution in [2.75, 3.05) is 0 Å². The Morgan fingerprint density at radius 2 is 1.11 bits per heavy atom. The number of carbonyl (C=O) groups excluding carboxylic acids is 2. The van der Waals surface area contributed by atoms with Crippen LogP contribution in [0.3, 0.4) is 0 Å². The number of hydrogen-bond acceptors (Lipinski definition) is 10. The molecule has 3 atom stereocenters. The average Bonchev–Trinajstić information content (AvgIpc) is 3.50. The van der Waals surface area contributed by atoms with E-state index in [2.05, 4.69) is 16.1 Å². The highest BCUT2D eigenvalue weighted by atomic mass is 16.6. The van der Waals surface area contributed by atoms with Crippen LogP contribution in [0.15, 0.2) is 24.5 Å². The molecule has 3 rings (SSSR count). The van der Waals surface area contributed by atoms with Crippen LogP contribution in [0.4, 0.5) is 0 Å². The Hall–Kier alpha value is -4.43. The lowest BCUT2D eigenvalue weighted by Gasteiger charge is -2.01. The second kappa shape index (κ2) is 16.2. The first-order valence-corrected chi connectivity index (χ1v) is 10.3. The number of allylic oxidation sites excluding steroid dienone is 1. The normalized spacial score (nSPS) is 21.8. The quantitative estimate of drug-likeness (QED) is 0.236. The molecule has 0 amide bonds. The summed E-state index contributed by atoms with van der Waals surface area (Å²) in [5.74, 6) is -5.41. The summed E-state index contributed by atoms with van der Waals surface area (Å²) < 4.78 is 13.6. The van der Waals surface area contributed by atoms with E-state index < -0.39 is 60.1 Å².